The fourth-order valence-corrected chi connectivity index (χ4v) is 2.12. The van der Waals surface area contributed by atoms with Gasteiger partial charge in [0.2, 0.25) is 0 Å². The maximum absolute atomic E-state index is 9.79. The fourth-order valence-electron chi connectivity index (χ4n) is 1.95. The van der Waals surface area contributed by atoms with Crippen molar-refractivity contribution in [1.82, 2.24) is 4.98 Å². The standard InChI is InChI=1S/C11H15ClN2O/c12-8-4-3-7-13-11(8)14-9-5-1-2-6-10(9)15/h3-4,7,9-10,15H,1-2,5-6H2,(H,13,14). The van der Waals surface area contributed by atoms with Crippen LogP contribution in [-0.2, 0) is 0 Å². The Bertz CT molecular complexity index is 332. The summed E-state index contributed by atoms with van der Waals surface area (Å²) < 4.78 is 0. The highest BCUT2D eigenvalue weighted by Gasteiger charge is 2.23. The van der Waals surface area contributed by atoms with Gasteiger partial charge in [0.25, 0.3) is 0 Å². The van der Waals surface area contributed by atoms with Crippen LogP contribution in [0, 0.1) is 0 Å². The molecule has 1 fully saturated rings. The Kier molecular flexibility index (Phi) is 3.44. The highest BCUT2D eigenvalue weighted by molar-refractivity contribution is 6.32. The number of anilines is 1. The van der Waals surface area contributed by atoms with Crippen LogP contribution < -0.4 is 5.32 Å². The van der Waals surface area contributed by atoms with Crippen LogP contribution >= 0.6 is 11.6 Å². The smallest absolute Gasteiger partial charge is 0.145 e. The van der Waals surface area contributed by atoms with Gasteiger partial charge in [-0.1, -0.05) is 24.4 Å². The van der Waals surface area contributed by atoms with Gasteiger partial charge in [0, 0.05) is 6.20 Å². The number of halogens is 1. The number of aliphatic hydroxyl groups excluding tert-OH is 1. The van der Waals surface area contributed by atoms with E-state index in [1.165, 1.54) is 0 Å². The molecule has 1 aromatic rings. The number of hydrogen-bond donors (Lipinski definition) is 2. The molecule has 0 aromatic carbocycles. The number of rotatable bonds is 2. The van der Waals surface area contributed by atoms with E-state index in [0.717, 1.165) is 25.7 Å². The monoisotopic (exact) mass is 226 g/mol. The van der Waals surface area contributed by atoms with Gasteiger partial charge in [0.05, 0.1) is 17.2 Å². The lowest BCUT2D eigenvalue weighted by Gasteiger charge is -2.28. The average Bonchev–Trinajstić information content (AvgIpc) is 2.24. The number of aromatic nitrogens is 1. The first kappa shape index (κ1) is 10.7. The lowest BCUT2D eigenvalue weighted by atomic mass is 9.92. The summed E-state index contributed by atoms with van der Waals surface area (Å²) in [5, 5.41) is 13.6. The average molecular weight is 227 g/mol. The largest absolute Gasteiger partial charge is 0.391 e. The summed E-state index contributed by atoms with van der Waals surface area (Å²) in [5.74, 6) is 0.671. The molecule has 15 heavy (non-hydrogen) atoms. The molecule has 0 aliphatic heterocycles. The fraction of sp³-hybridized carbons (Fsp3) is 0.545. The zero-order valence-electron chi connectivity index (χ0n) is 8.49. The Labute approximate surface area is 94.5 Å². The molecule has 4 heteroatoms. The number of hydrogen-bond acceptors (Lipinski definition) is 3. The third kappa shape index (κ3) is 2.61. The molecule has 3 nitrogen and oxygen atoms in total. The van der Waals surface area contributed by atoms with E-state index in [-0.39, 0.29) is 12.1 Å². The molecule has 1 aromatic heterocycles. The van der Waals surface area contributed by atoms with Crippen LogP contribution in [-0.4, -0.2) is 22.2 Å². The van der Waals surface area contributed by atoms with Crippen LogP contribution in [0.3, 0.4) is 0 Å². The lowest BCUT2D eigenvalue weighted by molar-refractivity contribution is 0.116. The van der Waals surface area contributed by atoms with E-state index in [0.29, 0.717) is 10.8 Å². The van der Waals surface area contributed by atoms with E-state index in [2.05, 4.69) is 10.3 Å². The molecule has 0 amide bonds. The SMILES string of the molecule is OC1CCCCC1Nc1ncccc1Cl. The second-order valence-corrected chi connectivity index (χ2v) is 4.34. The van der Waals surface area contributed by atoms with Crippen molar-refractivity contribution in [3.05, 3.63) is 23.4 Å². The van der Waals surface area contributed by atoms with Gasteiger partial charge in [-0.25, -0.2) is 4.98 Å². The molecule has 0 saturated heterocycles. The number of nitrogens with zero attached hydrogens (tertiary/aromatic N) is 1. The summed E-state index contributed by atoms with van der Waals surface area (Å²) in [6.45, 7) is 0. The molecule has 0 spiro atoms. The first-order chi connectivity index (χ1) is 7.27. The number of aliphatic hydroxyl groups is 1. The molecule has 0 bridgehead atoms. The third-order valence-corrected chi connectivity index (χ3v) is 3.12. The maximum atomic E-state index is 9.79. The topological polar surface area (TPSA) is 45.1 Å². The summed E-state index contributed by atoms with van der Waals surface area (Å²) in [6.07, 6.45) is 5.52. The molecule has 2 rings (SSSR count). The molecule has 1 saturated carbocycles. The summed E-state index contributed by atoms with van der Waals surface area (Å²) >= 11 is 5.98. The summed E-state index contributed by atoms with van der Waals surface area (Å²) in [4.78, 5) is 4.15. The van der Waals surface area contributed by atoms with Crippen LogP contribution in [0.5, 0.6) is 0 Å². The summed E-state index contributed by atoms with van der Waals surface area (Å²) in [7, 11) is 0. The third-order valence-electron chi connectivity index (χ3n) is 2.81. The van der Waals surface area contributed by atoms with E-state index in [1.807, 2.05) is 0 Å². The second kappa shape index (κ2) is 4.81. The quantitative estimate of drug-likeness (QED) is 0.814. The van der Waals surface area contributed by atoms with Crippen LogP contribution in [0.25, 0.3) is 0 Å². The van der Waals surface area contributed by atoms with Gasteiger partial charge in [0.15, 0.2) is 0 Å². The van der Waals surface area contributed by atoms with E-state index in [4.69, 9.17) is 11.6 Å². The molecule has 2 atom stereocenters. The first-order valence-electron chi connectivity index (χ1n) is 5.32. The normalized spacial score (nSPS) is 26.3. The van der Waals surface area contributed by atoms with Gasteiger partial charge in [0.1, 0.15) is 5.82 Å². The van der Waals surface area contributed by atoms with Crippen molar-refractivity contribution < 1.29 is 5.11 Å². The molecule has 1 heterocycles. The maximum Gasteiger partial charge on any atom is 0.145 e. The van der Waals surface area contributed by atoms with Crippen LogP contribution in [0.4, 0.5) is 5.82 Å². The van der Waals surface area contributed by atoms with Gasteiger partial charge >= 0.3 is 0 Å². The highest BCUT2D eigenvalue weighted by Crippen LogP contribution is 2.24. The molecule has 1 aliphatic carbocycles. The minimum absolute atomic E-state index is 0.0890. The Hall–Kier alpha value is -0.800. The van der Waals surface area contributed by atoms with Crippen molar-refractivity contribution in [3.8, 4) is 0 Å². The van der Waals surface area contributed by atoms with E-state index in [9.17, 15) is 5.11 Å². The lowest BCUT2D eigenvalue weighted by Crippen LogP contribution is -2.36. The number of nitrogens with one attached hydrogen (secondary N) is 1. The Morgan fingerprint density at radius 2 is 2.20 bits per heavy atom. The molecular formula is C11H15ClN2O. The Morgan fingerprint density at radius 1 is 1.40 bits per heavy atom. The molecule has 0 radical (unpaired) electrons. The predicted molar refractivity (Wildman–Crippen MR) is 61.1 cm³/mol. The first-order valence-corrected chi connectivity index (χ1v) is 5.70. The minimum Gasteiger partial charge on any atom is -0.391 e. The highest BCUT2D eigenvalue weighted by atomic mass is 35.5. The van der Waals surface area contributed by atoms with Gasteiger partial charge in [-0.15, -0.1) is 0 Å². The van der Waals surface area contributed by atoms with Gasteiger partial charge in [-0.2, -0.15) is 0 Å². The molecule has 82 valence electrons. The van der Waals surface area contributed by atoms with E-state index < -0.39 is 0 Å². The van der Waals surface area contributed by atoms with Crippen molar-refractivity contribution in [2.45, 2.75) is 37.8 Å². The zero-order valence-corrected chi connectivity index (χ0v) is 9.24. The van der Waals surface area contributed by atoms with Crippen molar-refractivity contribution in [1.29, 1.82) is 0 Å². The molecular weight excluding hydrogens is 212 g/mol. The van der Waals surface area contributed by atoms with E-state index in [1.54, 1.807) is 18.3 Å². The Morgan fingerprint density at radius 3 is 2.93 bits per heavy atom. The van der Waals surface area contributed by atoms with Crippen molar-refractivity contribution in [2.24, 2.45) is 0 Å². The van der Waals surface area contributed by atoms with Gasteiger partial charge in [-0.05, 0) is 25.0 Å². The number of pyridine rings is 1. The van der Waals surface area contributed by atoms with Crippen LogP contribution in [0.15, 0.2) is 18.3 Å². The van der Waals surface area contributed by atoms with E-state index >= 15 is 0 Å². The van der Waals surface area contributed by atoms with Crippen LogP contribution in [0.2, 0.25) is 5.02 Å². The van der Waals surface area contributed by atoms with Crippen molar-refractivity contribution in [2.75, 3.05) is 5.32 Å². The van der Waals surface area contributed by atoms with Gasteiger partial charge < -0.3 is 10.4 Å². The van der Waals surface area contributed by atoms with Crippen molar-refractivity contribution >= 4 is 17.4 Å². The molecule has 2 unspecified atom stereocenters. The van der Waals surface area contributed by atoms with Crippen LogP contribution in [0.1, 0.15) is 25.7 Å². The molecule has 1 aliphatic rings. The zero-order chi connectivity index (χ0) is 10.7. The molecule has 2 N–H and O–H groups in total. The predicted octanol–water partition coefficient (Wildman–Crippen LogP) is 2.45. The Balaban J connectivity index is 2.04. The summed E-state index contributed by atoms with van der Waals surface area (Å²) in [6, 6.07) is 3.68. The van der Waals surface area contributed by atoms with Crippen molar-refractivity contribution in [3.63, 3.8) is 0 Å². The van der Waals surface area contributed by atoms with Gasteiger partial charge in [-0.3, -0.25) is 0 Å². The summed E-state index contributed by atoms with van der Waals surface area (Å²) in [5.41, 5.74) is 0. The minimum atomic E-state index is -0.281. The second-order valence-electron chi connectivity index (χ2n) is 3.94.